The number of nitrogens with zero attached hydrogens (tertiary/aromatic N) is 2. The predicted octanol–water partition coefficient (Wildman–Crippen LogP) is 4.24. The first-order chi connectivity index (χ1) is 12.0. The molecule has 0 spiro atoms. The van der Waals surface area contributed by atoms with Gasteiger partial charge in [-0.25, -0.2) is 0 Å². The highest BCUT2D eigenvalue weighted by Gasteiger charge is 2.24. The summed E-state index contributed by atoms with van der Waals surface area (Å²) in [5, 5.41) is 0. The molecule has 0 saturated carbocycles. The molecule has 0 aliphatic carbocycles. The van der Waals surface area contributed by atoms with Crippen molar-refractivity contribution in [1.82, 2.24) is 4.90 Å². The van der Waals surface area contributed by atoms with Crippen LogP contribution in [0.5, 0.6) is 0 Å². The Balaban J connectivity index is 2.28. The van der Waals surface area contributed by atoms with Gasteiger partial charge in [-0.05, 0) is 45.2 Å². The fraction of sp³-hybridized carbons (Fsp3) is 0.294. The minimum absolute atomic E-state index is 0.559. The summed E-state index contributed by atoms with van der Waals surface area (Å²) in [6.45, 7) is -5.40. The Morgan fingerprint density at radius 1 is 1.15 bits per heavy atom. The zero-order valence-electron chi connectivity index (χ0n) is 17.4. The molecule has 2 aromatic carbocycles. The Morgan fingerprint density at radius 3 is 2.20 bits per heavy atom. The second-order valence-corrected chi connectivity index (χ2v) is 5.81. The van der Waals surface area contributed by atoms with Crippen LogP contribution < -0.4 is 4.90 Å². The number of para-hydroxylation sites is 2. The second-order valence-electron chi connectivity index (χ2n) is 4.73. The second kappa shape index (κ2) is 5.51. The van der Waals surface area contributed by atoms with Gasteiger partial charge in [-0.15, -0.1) is 0 Å². The summed E-state index contributed by atoms with van der Waals surface area (Å²) in [6, 6.07) is 12.1. The number of rotatable bonds is 3. The summed E-state index contributed by atoms with van der Waals surface area (Å²) in [6.07, 6.45) is 0. The average Bonchev–Trinajstić information content (AvgIpc) is 2.57. The van der Waals surface area contributed by atoms with Crippen LogP contribution in [0.2, 0.25) is 0 Å². The normalized spacial score (nSPS) is 22.2. The summed E-state index contributed by atoms with van der Waals surface area (Å²) in [5.41, 5.74) is 1.12. The van der Waals surface area contributed by atoms with Crippen molar-refractivity contribution in [3.05, 3.63) is 48.5 Å². The smallest absolute Gasteiger partial charge is 0.0553 e. The molecule has 2 aromatic rings. The van der Waals surface area contributed by atoms with Crippen LogP contribution in [0.25, 0.3) is 0 Å². The minimum atomic E-state index is -2.87. The van der Waals surface area contributed by atoms with Gasteiger partial charge in [0, 0.05) is 27.8 Å². The highest BCUT2D eigenvalue weighted by Crippen LogP contribution is 2.47. The standard InChI is InChI=1S/C17H20N2S/c1-13(18(2)3)12-19-14-8-4-6-10-16(14)20-17-11-7-5-9-15(17)19/h4-11,13H,12H2,1-3H3/i1D3,12D2,13D. The molecule has 3 heteroatoms. The molecule has 1 aliphatic heterocycles. The molecule has 0 N–H and O–H groups in total. The quantitative estimate of drug-likeness (QED) is 0.835. The van der Waals surface area contributed by atoms with E-state index >= 15 is 0 Å². The topological polar surface area (TPSA) is 6.48 Å². The Labute approximate surface area is 133 Å². The molecule has 104 valence electrons. The number of fused-ring (bicyclic) bond motifs is 2. The summed E-state index contributed by atoms with van der Waals surface area (Å²) < 4.78 is 50.0. The fourth-order valence-corrected chi connectivity index (χ4v) is 3.09. The first-order valence-corrected chi connectivity index (χ1v) is 7.17. The minimum Gasteiger partial charge on any atom is -0.338 e. The number of anilines is 2. The average molecular weight is 290 g/mol. The highest BCUT2D eigenvalue weighted by atomic mass is 32.2. The van der Waals surface area contributed by atoms with Crippen molar-refractivity contribution in [1.29, 1.82) is 0 Å². The Hall–Kier alpha value is -1.45. The van der Waals surface area contributed by atoms with Gasteiger partial charge in [0.1, 0.15) is 0 Å². The maximum Gasteiger partial charge on any atom is 0.0553 e. The van der Waals surface area contributed by atoms with E-state index in [9.17, 15) is 0 Å². The van der Waals surface area contributed by atoms with Crippen molar-refractivity contribution >= 4 is 23.1 Å². The molecule has 0 saturated heterocycles. The third kappa shape index (κ3) is 2.43. The van der Waals surface area contributed by atoms with Gasteiger partial charge in [0.2, 0.25) is 0 Å². The van der Waals surface area contributed by atoms with E-state index in [1.165, 1.54) is 30.8 Å². The zero-order valence-corrected chi connectivity index (χ0v) is 12.2. The van der Waals surface area contributed by atoms with Crippen LogP contribution in [-0.2, 0) is 0 Å². The first-order valence-electron chi connectivity index (χ1n) is 9.35. The van der Waals surface area contributed by atoms with Crippen LogP contribution in [0.1, 0.15) is 15.1 Å². The van der Waals surface area contributed by atoms with Crippen LogP contribution >= 0.6 is 11.8 Å². The van der Waals surface area contributed by atoms with E-state index in [0.29, 0.717) is 11.4 Å². The Kier molecular flexibility index (Phi) is 2.23. The largest absolute Gasteiger partial charge is 0.338 e. The first kappa shape index (κ1) is 8.11. The number of hydrogen-bond acceptors (Lipinski definition) is 3. The van der Waals surface area contributed by atoms with E-state index in [1.54, 1.807) is 24.3 Å². The van der Waals surface area contributed by atoms with Crippen molar-refractivity contribution in [2.24, 2.45) is 0 Å². The van der Waals surface area contributed by atoms with Crippen molar-refractivity contribution in [3.63, 3.8) is 0 Å². The van der Waals surface area contributed by atoms with Crippen molar-refractivity contribution < 1.29 is 8.22 Å². The highest BCUT2D eigenvalue weighted by molar-refractivity contribution is 7.99. The van der Waals surface area contributed by atoms with Crippen LogP contribution in [0.15, 0.2) is 58.3 Å². The van der Waals surface area contributed by atoms with E-state index in [4.69, 9.17) is 8.22 Å². The van der Waals surface area contributed by atoms with Crippen LogP contribution in [0.4, 0.5) is 11.4 Å². The van der Waals surface area contributed by atoms with Gasteiger partial charge in [-0.1, -0.05) is 36.0 Å². The molecule has 1 atom stereocenters. The van der Waals surface area contributed by atoms with Crippen molar-refractivity contribution in [2.75, 3.05) is 25.5 Å². The van der Waals surface area contributed by atoms with Crippen LogP contribution in [-0.4, -0.2) is 31.5 Å². The van der Waals surface area contributed by atoms with E-state index in [0.717, 1.165) is 14.7 Å². The molecule has 20 heavy (non-hydrogen) atoms. The van der Waals surface area contributed by atoms with E-state index < -0.39 is 19.4 Å². The Bertz CT molecular complexity index is 777. The molecule has 0 bridgehead atoms. The van der Waals surface area contributed by atoms with Crippen LogP contribution in [0, 0.1) is 0 Å². The maximum absolute atomic E-state index is 8.82. The van der Waals surface area contributed by atoms with Crippen molar-refractivity contribution in [3.8, 4) is 0 Å². The van der Waals surface area contributed by atoms with Gasteiger partial charge < -0.3 is 9.80 Å². The van der Waals surface area contributed by atoms with Gasteiger partial charge in [0.25, 0.3) is 0 Å². The lowest BCUT2D eigenvalue weighted by molar-refractivity contribution is 0.319. The monoisotopic (exact) mass is 290 g/mol. The van der Waals surface area contributed by atoms with Gasteiger partial charge in [0.15, 0.2) is 0 Å². The molecule has 0 radical (unpaired) electrons. The van der Waals surface area contributed by atoms with E-state index in [-0.39, 0.29) is 0 Å². The van der Waals surface area contributed by atoms with Gasteiger partial charge in [-0.3, -0.25) is 0 Å². The molecule has 3 rings (SSSR count). The molecule has 0 amide bonds. The van der Waals surface area contributed by atoms with Gasteiger partial charge in [0.05, 0.1) is 14.1 Å². The molecular weight excluding hydrogens is 264 g/mol. The number of hydrogen-bond donors (Lipinski definition) is 0. The summed E-state index contributed by atoms with van der Waals surface area (Å²) in [7, 11) is 2.85. The summed E-state index contributed by atoms with van der Waals surface area (Å²) in [4.78, 5) is 4.13. The number of benzene rings is 2. The molecule has 0 aromatic heterocycles. The predicted molar refractivity (Wildman–Crippen MR) is 87.2 cm³/mol. The Morgan fingerprint density at radius 2 is 1.70 bits per heavy atom. The lowest BCUT2D eigenvalue weighted by atomic mass is 10.2. The fourth-order valence-electron chi connectivity index (χ4n) is 2.03. The van der Waals surface area contributed by atoms with E-state index in [2.05, 4.69) is 0 Å². The van der Waals surface area contributed by atoms with Crippen LogP contribution in [0.3, 0.4) is 0 Å². The maximum atomic E-state index is 8.82. The molecule has 0 fully saturated rings. The lowest BCUT2D eigenvalue weighted by Gasteiger charge is -2.36. The third-order valence-electron chi connectivity index (χ3n) is 3.10. The van der Waals surface area contributed by atoms with Crippen molar-refractivity contribution in [2.45, 2.75) is 22.7 Å². The third-order valence-corrected chi connectivity index (χ3v) is 4.23. The molecular formula is C17H20N2S. The van der Waals surface area contributed by atoms with E-state index in [1.807, 2.05) is 24.3 Å². The molecule has 2 nitrogen and oxygen atoms in total. The molecule has 1 aliphatic rings. The lowest BCUT2D eigenvalue weighted by Crippen LogP contribution is -2.37. The molecule has 1 heterocycles. The van der Waals surface area contributed by atoms with Gasteiger partial charge >= 0.3 is 0 Å². The van der Waals surface area contributed by atoms with Gasteiger partial charge in [-0.2, -0.15) is 0 Å². The molecule has 1 unspecified atom stereocenters. The summed E-state index contributed by atoms with van der Waals surface area (Å²) >= 11 is 1.51. The zero-order chi connectivity index (χ0) is 19.3. The number of likely N-dealkylation sites (N-methyl/N-ethyl adjacent to an activating group) is 1. The summed E-state index contributed by atoms with van der Waals surface area (Å²) in [5.74, 6) is 0. The SMILES string of the molecule is [2H]C([2H])([2H])C([2H])(N(C)C)C([2H])([2H])N1c2ccccc2Sc2ccccc21.